The highest BCUT2D eigenvalue weighted by atomic mass is 79.9. The zero-order chi connectivity index (χ0) is 14.7. The summed E-state index contributed by atoms with van der Waals surface area (Å²) in [6.45, 7) is 1.89. The van der Waals surface area contributed by atoms with E-state index < -0.39 is 4.92 Å². The van der Waals surface area contributed by atoms with Gasteiger partial charge in [-0.05, 0) is 30.7 Å². The molecule has 2 aromatic rings. The lowest BCUT2D eigenvalue weighted by Gasteiger charge is -2.09. The lowest BCUT2D eigenvalue weighted by atomic mass is 10.2. The maximum absolute atomic E-state index is 13.0. The number of nitro groups is 1. The molecule has 0 atom stereocenters. The maximum Gasteiger partial charge on any atom is 0.311 e. The van der Waals surface area contributed by atoms with Crippen molar-refractivity contribution < 1.29 is 14.1 Å². The molecule has 0 spiro atoms. The Morgan fingerprint density at radius 2 is 2.05 bits per heavy atom. The molecule has 104 valence electrons. The molecule has 0 amide bonds. The molecule has 2 aromatic carbocycles. The van der Waals surface area contributed by atoms with Gasteiger partial charge in [-0.1, -0.05) is 28.1 Å². The van der Waals surface area contributed by atoms with Gasteiger partial charge in [0.05, 0.1) is 4.92 Å². The third kappa shape index (κ3) is 3.33. The summed E-state index contributed by atoms with van der Waals surface area (Å²) in [5.74, 6) is -0.168. The van der Waals surface area contributed by atoms with Gasteiger partial charge in [-0.3, -0.25) is 10.1 Å². The molecular weight excluding hydrogens is 329 g/mol. The van der Waals surface area contributed by atoms with E-state index in [-0.39, 0.29) is 23.9 Å². The number of halogens is 2. The number of hydrogen-bond donors (Lipinski definition) is 0. The van der Waals surface area contributed by atoms with E-state index >= 15 is 0 Å². The van der Waals surface area contributed by atoms with Gasteiger partial charge in [0, 0.05) is 16.1 Å². The van der Waals surface area contributed by atoms with Gasteiger partial charge in [0.1, 0.15) is 12.4 Å². The van der Waals surface area contributed by atoms with E-state index in [0.29, 0.717) is 10.0 Å². The summed E-state index contributed by atoms with van der Waals surface area (Å²) in [5, 5.41) is 11.0. The van der Waals surface area contributed by atoms with E-state index in [0.717, 1.165) is 5.56 Å². The quantitative estimate of drug-likeness (QED) is 0.613. The molecule has 20 heavy (non-hydrogen) atoms. The van der Waals surface area contributed by atoms with Crippen LogP contribution in [-0.4, -0.2) is 4.92 Å². The van der Waals surface area contributed by atoms with Crippen molar-refractivity contribution in [1.82, 2.24) is 0 Å². The molecule has 2 rings (SSSR count). The second-order valence-electron chi connectivity index (χ2n) is 4.25. The van der Waals surface area contributed by atoms with E-state index in [1.165, 1.54) is 18.2 Å². The maximum atomic E-state index is 13.0. The summed E-state index contributed by atoms with van der Waals surface area (Å²) in [7, 11) is 0. The second kappa shape index (κ2) is 6.00. The zero-order valence-electron chi connectivity index (χ0n) is 10.6. The Balaban J connectivity index is 2.20. The van der Waals surface area contributed by atoms with Crippen molar-refractivity contribution >= 4 is 21.6 Å². The van der Waals surface area contributed by atoms with E-state index in [2.05, 4.69) is 15.9 Å². The van der Waals surface area contributed by atoms with Crippen LogP contribution in [0.2, 0.25) is 0 Å². The molecule has 0 radical (unpaired) electrons. The third-order valence-corrected chi connectivity index (χ3v) is 3.45. The predicted octanol–water partition coefficient (Wildman–Crippen LogP) is 4.38. The normalized spacial score (nSPS) is 10.3. The summed E-state index contributed by atoms with van der Waals surface area (Å²) >= 11 is 3.23. The van der Waals surface area contributed by atoms with Crippen LogP contribution in [0.25, 0.3) is 0 Å². The van der Waals surface area contributed by atoms with Crippen LogP contribution in [0.1, 0.15) is 11.1 Å². The lowest BCUT2D eigenvalue weighted by molar-refractivity contribution is -0.386. The molecule has 0 N–H and O–H groups in total. The molecule has 0 bridgehead atoms. The van der Waals surface area contributed by atoms with Gasteiger partial charge in [0.15, 0.2) is 5.75 Å². The highest BCUT2D eigenvalue weighted by Gasteiger charge is 2.15. The fraction of sp³-hybridized carbons (Fsp3) is 0.143. The SMILES string of the molecule is Cc1ccc(OCc2ccc(F)cc2Br)c([N+](=O)[O-])c1. The highest BCUT2D eigenvalue weighted by Crippen LogP contribution is 2.29. The van der Waals surface area contributed by atoms with Crippen LogP contribution in [0.3, 0.4) is 0 Å². The predicted molar refractivity (Wildman–Crippen MR) is 76.3 cm³/mol. The summed E-state index contributed by atoms with van der Waals surface area (Å²) in [6.07, 6.45) is 0. The van der Waals surface area contributed by atoms with Crippen molar-refractivity contribution in [1.29, 1.82) is 0 Å². The summed E-state index contributed by atoms with van der Waals surface area (Å²) in [4.78, 5) is 10.5. The van der Waals surface area contributed by atoms with E-state index in [1.807, 2.05) is 0 Å². The monoisotopic (exact) mass is 339 g/mol. The molecule has 0 heterocycles. The zero-order valence-corrected chi connectivity index (χ0v) is 12.2. The van der Waals surface area contributed by atoms with Gasteiger partial charge in [0.2, 0.25) is 0 Å². The van der Waals surface area contributed by atoms with Gasteiger partial charge < -0.3 is 4.74 Å². The molecule has 0 aromatic heterocycles. The van der Waals surface area contributed by atoms with Crippen LogP contribution in [0.4, 0.5) is 10.1 Å². The fourth-order valence-corrected chi connectivity index (χ4v) is 2.15. The van der Waals surface area contributed by atoms with Gasteiger partial charge >= 0.3 is 5.69 Å². The summed E-state index contributed by atoms with van der Waals surface area (Å²) in [5.41, 5.74) is 1.41. The van der Waals surface area contributed by atoms with Crippen molar-refractivity contribution in [3.63, 3.8) is 0 Å². The van der Waals surface area contributed by atoms with Crippen LogP contribution in [0.15, 0.2) is 40.9 Å². The molecule has 0 aliphatic carbocycles. The Morgan fingerprint density at radius 3 is 2.70 bits per heavy atom. The van der Waals surface area contributed by atoms with Crippen LogP contribution in [0.5, 0.6) is 5.75 Å². The molecular formula is C14H11BrFNO3. The minimum absolute atomic E-state index is 0.0803. The molecule has 0 saturated heterocycles. The first-order chi connectivity index (χ1) is 9.47. The van der Waals surface area contributed by atoms with Gasteiger partial charge in [-0.25, -0.2) is 4.39 Å². The summed E-state index contributed by atoms with van der Waals surface area (Å²) < 4.78 is 19.0. The molecule has 0 aliphatic heterocycles. The topological polar surface area (TPSA) is 52.4 Å². The van der Waals surface area contributed by atoms with Crippen molar-refractivity contribution in [3.05, 3.63) is 67.9 Å². The number of nitrogens with zero attached hydrogens (tertiary/aromatic N) is 1. The number of aryl methyl sites for hydroxylation is 1. The van der Waals surface area contributed by atoms with Crippen LogP contribution in [-0.2, 0) is 6.61 Å². The number of ether oxygens (including phenoxy) is 1. The van der Waals surface area contributed by atoms with Crippen molar-refractivity contribution in [2.45, 2.75) is 13.5 Å². The molecule has 6 heteroatoms. The molecule has 0 saturated carbocycles. The van der Waals surface area contributed by atoms with Crippen molar-refractivity contribution in [2.24, 2.45) is 0 Å². The Bertz CT molecular complexity index is 661. The van der Waals surface area contributed by atoms with Crippen molar-refractivity contribution in [2.75, 3.05) is 0 Å². The smallest absolute Gasteiger partial charge is 0.311 e. The van der Waals surface area contributed by atoms with E-state index in [1.54, 1.807) is 25.1 Å². The lowest BCUT2D eigenvalue weighted by Crippen LogP contribution is -2.00. The first-order valence-corrected chi connectivity index (χ1v) is 6.58. The van der Waals surface area contributed by atoms with E-state index in [4.69, 9.17) is 4.74 Å². The molecule has 0 unspecified atom stereocenters. The van der Waals surface area contributed by atoms with Crippen molar-refractivity contribution in [3.8, 4) is 5.75 Å². The average Bonchev–Trinajstić information content (AvgIpc) is 2.38. The van der Waals surface area contributed by atoms with Crippen LogP contribution >= 0.6 is 15.9 Å². The Hall–Kier alpha value is -1.95. The highest BCUT2D eigenvalue weighted by molar-refractivity contribution is 9.10. The second-order valence-corrected chi connectivity index (χ2v) is 5.11. The fourth-order valence-electron chi connectivity index (χ4n) is 1.69. The van der Waals surface area contributed by atoms with Crippen LogP contribution < -0.4 is 4.74 Å². The van der Waals surface area contributed by atoms with Gasteiger partial charge in [-0.15, -0.1) is 0 Å². The number of benzene rings is 2. The number of rotatable bonds is 4. The Kier molecular flexibility index (Phi) is 4.34. The van der Waals surface area contributed by atoms with Crippen LogP contribution in [0, 0.1) is 22.9 Å². The molecule has 0 aliphatic rings. The Morgan fingerprint density at radius 1 is 1.30 bits per heavy atom. The minimum atomic E-state index is -0.484. The largest absolute Gasteiger partial charge is 0.482 e. The van der Waals surface area contributed by atoms with Gasteiger partial charge in [0.25, 0.3) is 0 Å². The first kappa shape index (κ1) is 14.5. The van der Waals surface area contributed by atoms with E-state index in [9.17, 15) is 14.5 Å². The first-order valence-electron chi connectivity index (χ1n) is 5.79. The number of nitro benzene ring substituents is 1. The molecule has 4 nitrogen and oxygen atoms in total. The Labute approximate surface area is 123 Å². The number of hydrogen-bond acceptors (Lipinski definition) is 3. The minimum Gasteiger partial charge on any atom is -0.482 e. The standard InChI is InChI=1S/C14H11BrFNO3/c1-9-2-5-14(13(6-9)17(18)19)20-8-10-3-4-11(16)7-12(10)15/h2-7H,8H2,1H3. The molecule has 0 fully saturated rings. The third-order valence-electron chi connectivity index (χ3n) is 2.71. The average molecular weight is 340 g/mol. The summed E-state index contributed by atoms with van der Waals surface area (Å²) in [6, 6.07) is 8.96. The van der Waals surface area contributed by atoms with Gasteiger partial charge in [-0.2, -0.15) is 0 Å².